The van der Waals surface area contributed by atoms with Gasteiger partial charge in [-0.2, -0.15) is 0 Å². The van der Waals surface area contributed by atoms with Crippen molar-refractivity contribution in [2.24, 2.45) is 10.9 Å². The molecule has 0 amide bonds. The summed E-state index contributed by atoms with van der Waals surface area (Å²) in [6.07, 6.45) is 15.3. The zero-order valence-corrected chi connectivity index (χ0v) is 7.98. The quantitative estimate of drug-likeness (QED) is 0.578. The smallest absolute Gasteiger partial charge is 0.0751 e. The highest BCUT2D eigenvalue weighted by Gasteiger charge is 2.18. The van der Waals surface area contributed by atoms with E-state index in [4.69, 9.17) is 0 Å². The van der Waals surface area contributed by atoms with E-state index in [1.165, 1.54) is 5.71 Å². The van der Waals surface area contributed by atoms with Crippen molar-refractivity contribution in [2.45, 2.75) is 25.8 Å². The first-order valence-electron chi connectivity index (χ1n) is 4.98. The molecule has 68 valence electrons. The Morgan fingerprint density at radius 1 is 1.38 bits per heavy atom. The fourth-order valence-corrected chi connectivity index (χ4v) is 1.78. The summed E-state index contributed by atoms with van der Waals surface area (Å²) in [6.45, 7) is 2.15. The average molecular weight is 173 g/mol. The molecule has 2 atom stereocenters. The predicted molar refractivity (Wildman–Crippen MR) is 57.0 cm³/mol. The van der Waals surface area contributed by atoms with Gasteiger partial charge in [-0.3, -0.25) is 4.99 Å². The van der Waals surface area contributed by atoms with Crippen LogP contribution in [0.3, 0.4) is 0 Å². The molecule has 1 aliphatic carbocycles. The lowest BCUT2D eigenvalue weighted by Crippen LogP contribution is -2.19. The molecule has 2 rings (SSSR count). The third-order valence-electron chi connectivity index (χ3n) is 2.62. The standard InChI is InChI=1S/C12H15N/c1-2-11-9-8-10-6-4-3-5-7-12(10)13-11/h3-5,7-10,12H,2,6H2,1H3. The molecule has 0 aromatic heterocycles. The van der Waals surface area contributed by atoms with E-state index >= 15 is 0 Å². The van der Waals surface area contributed by atoms with Gasteiger partial charge >= 0.3 is 0 Å². The normalized spacial score (nSPS) is 31.0. The second-order valence-electron chi connectivity index (χ2n) is 3.54. The van der Waals surface area contributed by atoms with Crippen LogP contribution in [0.15, 0.2) is 41.4 Å². The average Bonchev–Trinajstić information content (AvgIpc) is 2.41. The Labute approximate surface area is 79.6 Å². The fraction of sp³-hybridized carbons (Fsp3) is 0.417. The van der Waals surface area contributed by atoms with Gasteiger partial charge in [0.15, 0.2) is 0 Å². The SMILES string of the molecule is CCC1=NC2C=CC=CCC2C=C1. The molecule has 0 saturated carbocycles. The maximum atomic E-state index is 4.69. The number of nitrogens with zero attached hydrogens (tertiary/aromatic N) is 1. The first-order valence-corrected chi connectivity index (χ1v) is 4.98. The summed E-state index contributed by atoms with van der Waals surface area (Å²) in [7, 11) is 0. The number of fused-ring (bicyclic) bond motifs is 1. The monoisotopic (exact) mass is 173 g/mol. The van der Waals surface area contributed by atoms with E-state index in [1.807, 2.05) is 0 Å². The van der Waals surface area contributed by atoms with Crippen LogP contribution >= 0.6 is 0 Å². The summed E-state index contributed by atoms with van der Waals surface area (Å²) in [5.74, 6) is 0.588. The van der Waals surface area contributed by atoms with Crippen molar-refractivity contribution in [3.63, 3.8) is 0 Å². The van der Waals surface area contributed by atoms with E-state index in [0.29, 0.717) is 12.0 Å². The van der Waals surface area contributed by atoms with Crippen molar-refractivity contribution in [1.29, 1.82) is 0 Å². The third-order valence-corrected chi connectivity index (χ3v) is 2.62. The zero-order chi connectivity index (χ0) is 9.10. The Morgan fingerprint density at radius 3 is 3.15 bits per heavy atom. The van der Waals surface area contributed by atoms with Crippen molar-refractivity contribution < 1.29 is 0 Å². The van der Waals surface area contributed by atoms with E-state index in [1.54, 1.807) is 0 Å². The molecule has 1 aliphatic heterocycles. The minimum absolute atomic E-state index is 0.384. The molecular formula is C12H15N. The Hall–Kier alpha value is -1.11. The van der Waals surface area contributed by atoms with Crippen molar-refractivity contribution >= 4 is 5.71 Å². The fourth-order valence-electron chi connectivity index (χ4n) is 1.78. The maximum absolute atomic E-state index is 4.69. The summed E-state index contributed by atoms with van der Waals surface area (Å²) in [4.78, 5) is 4.69. The highest BCUT2D eigenvalue weighted by Crippen LogP contribution is 2.23. The van der Waals surface area contributed by atoms with Crippen LogP contribution in [0.4, 0.5) is 0 Å². The van der Waals surface area contributed by atoms with Crippen LogP contribution < -0.4 is 0 Å². The minimum Gasteiger partial charge on any atom is -0.282 e. The van der Waals surface area contributed by atoms with Gasteiger partial charge in [0.2, 0.25) is 0 Å². The first kappa shape index (κ1) is 8.49. The minimum atomic E-state index is 0.384. The molecule has 0 aromatic carbocycles. The van der Waals surface area contributed by atoms with Crippen LogP contribution in [0.1, 0.15) is 19.8 Å². The molecule has 2 unspecified atom stereocenters. The van der Waals surface area contributed by atoms with Crippen molar-refractivity contribution in [3.05, 3.63) is 36.5 Å². The summed E-state index contributed by atoms with van der Waals surface area (Å²) < 4.78 is 0. The lowest BCUT2D eigenvalue weighted by atomic mass is 9.93. The van der Waals surface area contributed by atoms with Gasteiger partial charge in [-0.15, -0.1) is 0 Å². The number of hydrogen-bond acceptors (Lipinski definition) is 1. The lowest BCUT2D eigenvalue weighted by molar-refractivity contribution is 0.582. The molecule has 13 heavy (non-hydrogen) atoms. The largest absolute Gasteiger partial charge is 0.282 e. The highest BCUT2D eigenvalue weighted by molar-refractivity contribution is 5.95. The van der Waals surface area contributed by atoms with Crippen LogP contribution in [0, 0.1) is 5.92 Å². The van der Waals surface area contributed by atoms with Crippen LogP contribution in [-0.2, 0) is 0 Å². The third kappa shape index (κ3) is 1.80. The summed E-state index contributed by atoms with van der Waals surface area (Å²) in [5, 5.41) is 0. The molecule has 1 heterocycles. The van der Waals surface area contributed by atoms with Gasteiger partial charge in [0.25, 0.3) is 0 Å². The summed E-state index contributed by atoms with van der Waals surface area (Å²) in [5.41, 5.74) is 1.23. The second-order valence-corrected chi connectivity index (χ2v) is 3.54. The van der Waals surface area contributed by atoms with Gasteiger partial charge in [0.1, 0.15) is 0 Å². The van der Waals surface area contributed by atoms with Gasteiger partial charge in [-0.05, 0) is 18.9 Å². The highest BCUT2D eigenvalue weighted by atomic mass is 14.8. The number of dihydropyridines is 1. The van der Waals surface area contributed by atoms with Gasteiger partial charge in [0, 0.05) is 11.6 Å². The van der Waals surface area contributed by atoms with Gasteiger partial charge in [-0.1, -0.05) is 37.3 Å². The predicted octanol–water partition coefficient (Wildman–Crippen LogP) is 2.91. The molecule has 0 bridgehead atoms. The number of aliphatic imine (C=N–C) groups is 1. The van der Waals surface area contributed by atoms with Crippen molar-refractivity contribution in [3.8, 4) is 0 Å². The van der Waals surface area contributed by atoms with E-state index in [9.17, 15) is 0 Å². The van der Waals surface area contributed by atoms with Crippen molar-refractivity contribution in [2.75, 3.05) is 0 Å². The summed E-state index contributed by atoms with van der Waals surface area (Å²) in [6, 6.07) is 0.384. The molecule has 0 spiro atoms. The molecule has 0 saturated heterocycles. The molecular weight excluding hydrogens is 158 g/mol. The molecule has 0 radical (unpaired) electrons. The molecule has 0 N–H and O–H groups in total. The molecule has 2 aliphatic rings. The number of hydrogen-bond donors (Lipinski definition) is 0. The Morgan fingerprint density at radius 2 is 2.31 bits per heavy atom. The molecule has 1 nitrogen and oxygen atoms in total. The zero-order valence-electron chi connectivity index (χ0n) is 7.98. The Balaban J connectivity index is 2.20. The van der Waals surface area contributed by atoms with Crippen molar-refractivity contribution in [1.82, 2.24) is 0 Å². The maximum Gasteiger partial charge on any atom is 0.0751 e. The van der Waals surface area contributed by atoms with Crippen LogP contribution in [0.5, 0.6) is 0 Å². The summed E-state index contributed by atoms with van der Waals surface area (Å²) >= 11 is 0. The first-order chi connectivity index (χ1) is 6.40. The number of rotatable bonds is 1. The molecule has 1 heteroatoms. The van der Waals surface area contributed by atoms with E-state index in [-0.39, 0.29) is 0 Å². The topological polar surface area (TPSA) is 12.4 Å². The van der Waals surface area contributed by atoms with Gasteiger partial charge < -0.3 is 0 Å². The second kappa shape index (κ2) is 3.73. The number of allylic oxidation sites excluding steroid dienone is 4. The van der Waals surface area contributed by atoms with Crippen LogP contribution in [0.25, 0.3) is 0 Å². The van der Waals surface area contributed by atoms with Crippen LogP contribution in [-0.4, -0.2) is 11.8 Å². The lowest BCUT2D eigenvalue weighted by Gasteiger charge is -2.20. The van der Waals surface area contributed by atoms with E-state index < -0.39 is 0 Å². The van der Waals surface area contributed by atoms with E-state index in [0.717, 1.165) is 12.8 Å². The molecule has 0 aromatic rings. The van der Waals surface area contributed by atoms with Crippen LogP contribution in [0.2, 0.25) is 0 Å². The Kier molecular flexibility index (Phi) is 2.44. The van der Waals surface area contributed by atoms with Gasteiger partial charge in [0.05, 0.1) is 6.04 Å². The van der Waals surface area contributed by atoms with E-state index in [2.05, 4.69) is 48.4 Å². The Bertz CT molecular complexity index is 294. The molecule has 0 fully saturated rings. The van der Waals surface area contributed by atoms with Gasteiger partial charge in [-0.25, -0.2) is 0 Å².